The summed E-state index contributed by atoms with van der Waals surface area (Å²) >= 11 is 0. The zero-order valence-corrected chi connectivity index (χ0v) is 7.85. The van der Waals surface area contributed by atoms with Crippen molar-refractivity contribution in [2.24, 2.45) is 7.05 Å². The van der Waals surface area contributed by atoms with Gasteiger partial charge in [-0.25, -0.2) is 9.78 Å². The number of hydrogen-bond acceptors (Lipinski definition) is 4. The van der Waals surface area contributed by atoms with Crippen molar-refractivity contribution in [3.63, 3.8) is 0 Å². The number of hydrogen-bond donors (Lipinski definition) is 1. The van der Waals surface area contributed by atoms with E-state index in [0.29, 0.717) is 11.4 Å². The fraction of sp³-hybridized carbons (Fsp3) is 0.250. The highest BCUT2D eigenvalue weighted by Crippen LogP contribution is 2.14. The molecule has 6 nitrogen and oxygen atoms in total. The van der Waals surface area contributed by atoms with E-state index in [-0.39, 0.29) is 5.69 Å². The molecule has 2 heterocycles. The molecule has 0 amide bonds. The van der Waals surface area contributed by atoms with Gasteiger partial charge in [0.2, 0.25) is 0 Å². The molecule has 0 aliphatic carbocycles. The maximum atomic E-state index is 11.0. The Morgan fingerprint density at radius 3 is 2.93 bits per heavy atom. The Balaban J connectivity index is 2.61. The molecule has 72 valence electrons. The molecule has 0 spiro atoms. The molecular weight excluding hydrogens is 182 g/mol. The average Bonchev–Trinajstić information content (AvgIpc) is 2.56. The number of rotatable bonds is 1. The van der Waals surface area contributed by atoms with Crippen molar-refractivity contribution in [2.45, 2.75) is 6.92 Å². The van der Waals surface area contributed by atoms with Gasteiger partial charge in [0.25, 0.3) is 0 Å². The van der Waals surface area contributed by atoms with E-state index in [4.69, 9.17) is 0 Å². The summed E-state index contributed by atoms with van der Waals surface area (Å²) in [5.41, 5.74) is 1.80. The third kappa shape index (κ3) is 1.41. The van der Waals surface area contributed by atoms with Crippen LogP contribution >= 0.6 is 0 Å². The van der Waals surface area contributed by atoms with E-state index in [9.17, 15) is 4.79 Å². The summed E-state index contributed by atoms with van der Waals surface area (Å²) in [6.07, 6.45) is 3.25. The van der Waals surface area contributed by atoms with E-state index in [1.54, 1.807) is 17.9 Å². The minimum Gasteiger partial charge on any atom is -0.304 e. The smallest absolute Gasteiger partial charge is 0.304 e. The van der Waals surface area contributed by atoms with Crippen LogP contribution in [0.5, 0.6) is 0 Å². The Morgan fingerprint density at radius 1 is 1.50 bits per heavy atom. The fourth-order valence-electron chi connectivity index (χ4n) is 1.19. The van der Waals surface area contributed by atoms with Gasteiger partial charge in [-0.1, -0.05) is 5.21 Å². The molecule has 0 aliphatic heterocycles. The van der Waals surface area contributed by atoms with Crippen molar-refractivity contribution in [2.75, 3.05) is 0 Å². The first kappa shape index (κ1) is 8.61. The molecule has 0 saturated carbocycles. The van der Waals surface area contributed by atoms with Crippen LogP contribution in [-0.2, 0) is 7.05 Å². The van der Waals surface area contributed by atoms with Crippen LogP contribution in [0.2, 0.25) is 0 Å². The quantitative estimate of drug-likeness (QED) is 0.681. The van der Waals surface area contributed by atoms with Crippen molar-refractivity contribution >= 4 is 0 Å². The first-order valence-electron chi connectivity index (χ1n) is 4.09. The highest BCUT2D eigenvalue weighted by molar-refractivity contribution is 5.55. The molecule has 0 unspecified atom stereocenters. The van der Waals surface area contributed by atoms with Gasteiger partial charge < -0.3 is 4.98 Å². The summed E-state index contributed by atoms with van der Waals surface area (Å²) in [7, 11) is 1.77. The predicted molar refractivity (Wildman–Crippen MR) is 49.6 cm³/mol. The van der Waals surface area contributed by atoms with Crippen LogP contribution in [0.1, 0.15) is 5.56 Å². The summed E-state index contributed by atoms with van der Waals surface area (Å²) in [6, 6.07) is 0. The highest BCUT2D eigenvalue weighted by Gasteiger charge is 2.06. The van der Waals surface area contributed by atoms with E-state index in [0.717, 1.165) is 5.56 Å². The summed E-state index contributed by atoms with van der Waals surface area (Å²) in [6.45, 7) is 1.85. The molecule has 0 saturated heterocycles. The van der Waals surface area contributed by atoms with Gasteiger partial charge in [0.15, 0.2) is 0 Å². The molecule has 2 rings (SSSR count). The van der Waals surface area contributed by atoms with Crippen molar-refractivity contribution in [3.05, 3.63) is 28.4 Å². The van der Waals surface area contributed by atoms with Crippen LogP contribution in [0.4, 0.5) is 0 Å². The molecule has 1 N–H and O–H groups in total. The Bertz CT molecular complexity index is 512. The van der Waals surface area contributed by atoms with Gasteiger partial charge in [-0.15, -0.1) is 5.10 Å². The number of aryl methyl sites for hydroxylation is 2. The second-order valence-electron chi connectivity index (χ2n) is 3.02. The Morgan fingerprint density at radius 2 is 2.29 bits per heavy atom. The first-order valence-corrected chi connectivity index (χ1v) is 4.09. The molecule has 2 aromatic rings. The minimum absolute atomic E-state index is 0.378. The highest BCUT2D eigenvalue weighted by atomic mass is 16.1. The molecule has 0 aromatic carbocycles. The largest absolute Gasteiger partial charge is 0.345 e. The third-order valence-electron chi connectivity index (χ3n) is 1.86. The van der Waals surface area contributed by atoms with Crippen molar-refractivity contribution in [1.29, 1.82) is 0 Å². The van der Waals surface area contributed by atoms with Gasteiger partial charge in [-0.05, 0) is 12.5 Å². The maximum absolute atomic E-state index is 11.0. The Kier molecular flexibility index (Phi) is 1.88. The van der Waals surface area contributed by atoms with E-state index < -0.39 is 0 Å². The van der Waals surface area contributed by atoms with Gasteiger partial charge in [0.1, 0.15) is 5.69 Å². The van der Waals surface area contributed by atoms with Gasteiger partial charge in [-0.3, -0.25) is 4.68 Å². The van der Waals surface area contributed by atoms with Gasteiger partial charge >= 0.3 is 5.69 Å². The second-order valence-corrected chi connectivity index (χ2v) is 3.02. The monoisotopic (exact) mass is 191 g/mol. The van der Waals surface area contributed by atoms with Crippen molar-refractivity contribution < 1.29 is 0 Å². The molecular formula is C8H9N5O. The molecule has 6 heteroatoms. The lowest BCUT2D eigenvalue weighted by Crippen LogP contribution is -2.11. The summed E-state index contributed by atoms with van der Waals surface area (Å²) in [4.78, 5) is 17.2. The third-order valence-corrected chi connectivity index (χ3v) is 1.86. The lowest BCUT2D eigenvalue weighted by Gasteiger charge is -1.98. The summed E-state index contributed by atoms with van der Waals surface area (Å²) in [5.74, 6) is 0. The molecule has 14 heavy (non-hydrogen) atoms. The Labute approximate surface area is 79.6 Å². The number of nitrogens with one attached hydrogen (secondary N) is 1. The SMILES string of the molecule is Cc1cnc(=O)[nH]c1-c1cn(C)nn1. The van der Waals surface area contributed by atoms with Crippen LogP contribution in [0.25, 0.3) is 11.4 Å². The molecule has 0 bridgehead atoms. The lowest BCUT2D eigenvalue weighted by atomic mass is 10.2. The van der Waals surface area contributed by atoms with Crippen LogP contribution in [0.15, 0.2) is 17.2 Å². The number of aromatic nitrogens is 5. The number of H-pyrrole nitrogens is 1. The minimum atomic E-state index is -0.378. The van der Waals surface area contributed by atoms with Gasteiger partial charge in [-0.2, -0.15) is 0 Å². The fourth-order valence-corrected chi connectivity index (χ4v) is 1.19. The van der Waals surface area contributed by atoms with Gasteiger partial charge in [0.05, 0.1) is 11.9 Å². The van der Waals surface area contributed by atoms with Crippen molar-refractivity contribution in [1.82, 2.24) is 25.0 Å². The Hall–Kier alpha value is -1.98. The zero-order valence-electron chi connectivity index (χ0n) is 7.85. The van der Waals surface area contributed by atoms with Crippen LogP contribution < -0.4 is 5.69 Å². The topological polar surface area (TPSA) is 76.5 Å². The summed E-state index contributed by atoms with van der Waals surface area (Å²) < 4.78 is 1.58. The van der Waals surface area contributed by atoms with Crippen LogP contribution in [0, 0.1) is 6.92 Å². The van der Waals surface area contributed by atoms with E-state index in [1.807, 2.05) is 6.92 Å². The number of aromatic amines is 1. The van der Waals surface area contributed by atoms with E-state index in [2.05, 4.69) is 20.3 Å². The standard InChI is InChI=1S/C8H9N5O/c1-5-3-9-8(14)10-7(5)6-4-13(2)12-11-6/h3-4H,1-2H3,(H,9,10,14). The van der Waals surface area contributed by atoms with Crippen molar-refractivity contribution in [3.8, 4) is 11.4 Å². The predicted octanol–water partition coefficient (Wildman–Crippen LogP) is -0.126. The first-order chi connectivity index (χ1) is 6.66. The second kappa shape index (κ2) is 3.06. The lowest BCUT2D eigenvalue weighted by molar-refractivity contribution is 0.715. The molecule has 0 radical (unpaired) electrons. The number of nitrogens with zero attached hydrogens (tertiary/aromatic N) is 4. The molecule has 2 aromatic heterocycles. The molecule has 0 atom stereocenters. The molecule has 0 aliphatic rings. The average molecular weight is 191 g/mol. The van der Waals surface area contributed by atoms with Crippen LogP contribution in [-0.4, -0.2) is 25.0 Å². The van der Waals surface area contributed by atoms with E-state index in [1.165, 1.54) is 6.20 Å². The molecule has 0 fully saturated rings. The van der Waals surface area contributed by atoms with E-state index >= 15 is 0 Å². The normalized spacial score (nSPS) is 10.4. The van der Waals surface area contributed by atoms with Crippen LogP contribution in [0.3, 0.4) is 0 Å². The maximum Gasteiger partial charge on any atom is 0.345 e. The summed E-state index contributed by atoms with van der Waals surface area (Å²) in [5, 5.41) is 7.69. The van der Waals surface area contributed by atoms with Gasteiger partial charge in [0, 0.05) is 13.2 Å². The zero-order chi connectivity index (χ0) is 10.1.